The summed E-state index contributed by atoms with van der Waals surface area (Å²) in [7, 11) is 0. The quantitative estimate of drug-likeness (QED) is 0.727. The highest BCUT2D eigenvalue weighted by Gasteiger charge is 2.12. The van der Waals surface area contributed by atoms with Crippen LogP contribution in [0.4, 0.5) is 0 Å². The van der Waals surface area contributed by atoms with Gasteiger partial charge >= 0.3 is 5.97 Å². The number of aromatic nitrogens is 2. The van der Waals surface area contributed by atoms with Crippen molar-refractivity contribution in [1.29, 1.82) is 0 Å². The fourth-order valence-electron chi connectivity index (χ4n) is 0.587. The molecule has 0 aliphatic carbocycles. The van der Waals surface area contributed by atoms with E-state index in [2.05, 4.69) is 8.75 Å². The number of halogens is 1. The van der Waals surface area contributed by atoms with Crippen LogP contribution in [0.3, 0.4) is 0 Å². The van der Waals surface area contributed by atoms with Crippen molar-refractivity contribution in [1.82, 2.24) is 8.75 Å². The van der Waals surface area contributed by atoms with Crippen molar-refractivity contribution >= 4 is 30.1 Å². The largest absolute Gasteiger partial charge is 0.480 e. The Morgan fingerprint density at radius 3 is 2.92 bits per heavy atom. The Kier molecular flexibility index (Phi) is 4.72. The third-order valence-electron chi connectivity index (χ3n) is 1.15. The summed E-state index contributed by atoms with van der Waals surface area (Å²) in [6, 6.07) is -0.876. The standard InChI is InChI=1S/C5H7N3O2S.ClH/c6-4(5(9)10)1-3-2-7-11-8-3;/h2,4H,1,6H2,(H,9,10);1H/t4-;/m0./s1. The van der Waals surface area contributed by atoms with E-state index in [0.717, 1.165) is 11.7 Å². The topological polar surface area (TPSA) is 89.1 Å². The lowest BCUT2D eigenvalue weighted by atomic mass is 10.2. The number of rotatable bonds is 3. The molecule has 7 heteroatoms. The zero-order valence-electron chi connectivity index (χ0n) is 6.01. The van der Waals surface area contributed by atoms with Crippen LogP contribution >= 0.6 is 24.1 Å². The molecular formula is C5H8ClN3O2S. The van der Waals surface area contributed by atoms with E-state index in [0.29, 0.717) is 5.69 Å². The fraction of sp³-hybridized carbons (Fsp3) is 0.400. The molecule has 0 saturated heterocycles. The van der Waals surface area contributed by atoms with Crippen molar-refractivity contribution in [2.24, 2.45) is 5.73 Å². The summed E-state index contributed by atoms with van der Waals surface area (Å²) in [4.78, 5) is 10.3. The number of nitrogens with zero attached hydrogens (tertiary/aromatic N) is 2. The van der Waals surface area contributed by atoms with Gasteiger partial charge in [0.1, 0.15) is 6.04 Å². The number of nitrogens with two attached hydrogens (primary N) is 1. The Morgan fingerprint density at radius 1 is 1.83 bits per heavy atom. The van der Waals surface area contributed by atoms with E-state index < -0.39 is 12.0 Å². The number of carboxylic acids is 1. The van der Waals surface area contributed by atoms with Gasteiger partial charge in [-0.2, -0.15) is 8.75 Å². The highest BCUT2D eigenvalue weighted by Crippen LogP contribution is 1.98. The monoisotopic (exact) mass is 209 g/mol. The van der Waals surface area contributed by atoms with Crippen LogP contribution in [-0.2, 0) is 11.2 Å². The number of aliphatic carboxylic acids is 1. The first-order chi connectivity index (χ1) is 5.20. The van der Waals surface area contributed by atoms with Gasteiger partial charge in [0.2, 0.25) is 0 Å². The minimum Gasteiger partial charge on any atom is -0.480 e. The molecule has 1 aromatic heterocycles. The van der Waals surface area contributed by atoms with Gasteiger partial charge < -0.3 is 10.8 Å². The molecule has 0 spiro atoms. The number of carbonyl (C=O) groups is 1. The molecule has 0 aliphatic rings. The van der Waals surface area contributed by atoms with Crippen LogP contribution in [0, 0.1) is 0 Å². The van der Waals surface area contributed by atoms with E-state index in [9.17, 15) is 4.79 Å². The minimum atomic E-state index is -1.02. The molecular weight excluding hydrogens is 202 g/mol. The molecule has 0 aromatic carbocycles. The normalized spacial score (nSPS) is 11.8. The first kappa shape index (κ1) is 11.3. The predicted molar refractivity (Wildman–Crippen MR) is 46.5 cm³/mol. The molecule has 12 heavy (non-hydrogen) atoms. The maximum atomic E-state index is 10.3. The van der Waals surface area contributed by atoms with Gasteiger partial charge in [-0.25, -0.2) is 0 Å². The molecule has 0 fully saturated rings. The Hall–Kier alpha value is -0.720. The van der Waals surface area contributed by atoms with Crippen molar-refractivity contribution in [2.75, 3.05) is 0 Å². The first-order valence-electron chi connectivity index (χ1n) is 2.95. The lowest BCUT2D eigenvalue weighted by Gasteiger charge is -2.00. The van der Waals surface area contributed by atoms with E-state index in [1.54, 1.807) is 0 Å². The molecule has 1 atom stereocenters. The fourth-order valence-corrected chi connectivity index (χ4v) is 1.03. The van der Waals surface area contributed by atoms with Gasteiger partial charge in [0.25, 0.3) is 0 Å². The Morgan fingerprint density at radius 2 is 2.50 bits per heavy atom. The van der Waals surface area contributed by atoms with Crippen molar-refractivity contribution in [3.8, 4) is 0 Å². The third-order valence-corrected chi connectivity index (χ3v) is 1.67. The second kappa shape index (κ2) is 5.02. The minimum absolute atomic E-state index is 0. The summed E-state index contributed by atoms with van der Waals surface area (Å²) >= 11 is 1.04. The van der Waals surface area contributed by atoms with Crippen molar-refractivity contribution in [3.63, 3.8) is 0 Å². The van der Waals surface area contributed by atoms with Crippen molar-refractivity contribution < 1.29 is 9.90 Å². The van der Waals surface area contributed by atoms with Gasteiger partial charge in [-0.05, 0) is 0 Å². The summed E-state index contributed by atoms with van der Waals surface area (Å²) in [5.41, 5.74) is 5.87. The molecule has 0 radical (unpaired) electrons. The van der Waals surface area contributed by atoms with E-state index in [1.165, 1.54) is 6.20 Å². The van der Waals surface area contributed by atoms with E-state index in [-0.39, 0.29) is 18.8 Å². The van der Waals surface area contributed by atoms with Crippen LogP contribution < -0.4 is 5.73 Å². The Bertz CT molecular complexity index is 241. The van der Waals surface area contributed by atoms with Gasteiger partial charge in [0, 0.05) is 6.42 Å². The first-order valence-corrected chi connectivity index (χ1v) is 3.68. The highest BCUT2D eigenvalue weighted by atomic mass is 35.5. The summed E-state index contributed by atoms with van der Waals surface area (Å²) < 4.78 is 7.54. The maximum absolute atomic E-state index is 10.3. The second-order valence-corrected chi connectivity index (χ2v) is 2.60. The van der Waals surface area contributed by atoms with Gasteiger partial charge in [-0.1, -0.05) is 0 Å². The molecule has 0 aliphatic heterocycles. The zero-order valence-corrected chi connectivity index (χ0v) is 7.64. The molecule has 5 nitrogen and oxygen atoms in total. The number of hydrogen-bond donors (Lipinski definition) is 2. The van der Waals surface area contributed by atoms with Crippen LogP contribution in [0.5, 0.6) is 0 Å². The molecule has 1 heterocycles. The lowest BCUT2D eigenvalue weighted by molar-refractivity contribution is -0.138. The zero-order chi connectivity index (χ0) is 8.27. The van der Waals surface area contributed by atoms with E-state index >= 15 is 0 Å². The maximum Gasteiger partial charge on any atom is 0.320 e. The Labute approximate surface area is 79.3 Å². The molecule has 68 valence electrons. The molecule has 0 bridgehead atoms. The van der Waals surface area contributed by atoms with E-state index in [1.807, 2.05) is 0 Å². The molecule has 0 unspecified atom stereocenters. The van der Waals surface area contributed by atoms with Crippen molar-refractivity contribution in [2.45, 2.75) is 12.5 Å². The van der Waals surface area contributed by atoms with Gasteiger partial charge in [0.05, 0.1) is 23.6 Å². The van der Waals surface area contributed by atoms with Crippen LogP contribution in [0.1, 0.15) is 5.69 Å². The van der Waals surface area contributed by atoms with Crippen LogP contribution in [0.15, 0.2) is 6.20 Å². The van der Waals surface area contributed by atoms with Gasteiger partial charge in [0.15, 0.2) is 0 Å². The van der Waals surface area contributed by atoms with Crippen LogP contribution in [0.25, 0.3) is 0 Å². The summed E-state index contributed by atoms with van der Waals surface area (Å²) in [6.45, 7) is 0. The molecule has 1 rings (SSSR count). The summed E-state index contributed by atoms with van der Waals surface area (Å²) in [5.74, 6) is -1.02. The number of carboxylic acid groups (broad SMARTS) is 1. The van der Waals surface area contributed by atoms with Crippen LogP contribution in [-0.4, -0.2) is 25.9 Å². The highest BCUT2D eigenvalue weighted by molar-refractivity contribution is 6.99. The second-order valence-electron chi connectivity index (χ2n) is 2.05. The lowest BCUT2D eigenvalue weighted by Crippen LogP contribution is -2.32. The van der Waals surface area contributed by atoms with Gasteiger partial charge in [-0.15, -0.1) is 12.4 Å². The predicted octanol–water partition coefficient (Wildman–Crippen LogP) is -0.0857. The summed E-state index contributed by atoms with van der Waals surface area (Å²) in [6.07, 6.45) is 1.76. The molecule has 0 amide bonds. The molecule has 0 saturated carbocycles. The average Bonchev–Trinajstić information content (AvgIpc) is 2.39. The smallest absolute Gasteiger partial charge is 0.320 e. The third kappa shape index (κ3) is 3.12. The van der Waals surface area contributed by atoms with Crippen LogP contribution in [0.2, 0.25) is 0 Å². The van der Waals surface area contributed by atoms with Gasteiger partial charge in [-0.3, -0.25) is 4.79 Å². The molecule has 3 N–H and O–H groups in total. The van der Waals surface area contributed by atoms with Crippen molar-refractivity contribution in [3.05, 3.63) is 11.9 Å². The Balaban J connectivity index is 0.00000121. The SMILES string of the molecule is Cl.N[C@@H](Cc1cnsn1)C(=O)O. The summed E-state index contributed by atoms with van der Waals surface area (Å²) in [5, 5.41) is 8.41. The average molecular weight is 210 g/mol. The number of hydrogen-bond acceptors (Lipinski definition) is 5. The van der Waals surface area contributed by atoms with E-state index in [4.69, 9.17) is 10.8 Å². The molecule has 1 aromatic rings.